The van der Waals surface area contributed by atoms with Crippen molar-refractivity contribution in [3.8, 4) is 0 Å². The van der Waals surface area contributed by atoms with Crippen LogP contribution in [0, 0.1) is 5.41 Å². The second kappa shape index (κ2) is 5.31. The first-order valence-electron chi connectivity index (χ1n) is 7.29. The van der Waals surface area contributed by atoms with Crippen molar-refractivity contribution >= 4 is 6.09 Å². The number of hydrogen-bond donors (Lipinski definition) is 2. The molecular weight excluding hydrogens is 270 g/mol. The highest BCUT2D eigenvalue weighted by molar-refractivity contribution is 5.67. The van der Waals surface area contributed by atoms with Gasteiger partial charge in [-0.25, -0.2) is 4.79 Å². The van der Waals surface area contributed by atoms with Crippen LogP contribution in [0.25, 0.3) is 0 Å². The summed E-state index contributed by atoms with van der Waals surface area (Å²) in [5.41, 5.74) is 0.649. The van der Waals surface area contributed by atoms with Crippen LogP contribution in [0.1, 0.15) is 25.3 Å². The standard InChI is InChI=1S/C16H21NO4/c1-15-9-16(10-15,11-18)13(21-15)7-17-14(19)20-8-12-5-3-2-4-6-12/h2-6,13,18H,7-11H2,1H3,(H,17,19). The Morgan fingerprint density at radius 1 is 1.43 bits per heavy atom. The van der Waals surface area contributed by atoms with Crippen LogP contribution >= 0.6 is 0 Å². The van der Waals surface area contributed by atoms with Crippen LogP contribution in [-0.4, -0.2) is 36.1 Å². The molecule has 1 aromatic rings. The van der Waals surface area contributed by atoms with E-state index in [4.69, 9.17) is 9.47 Å². The Morgan fingerprint density at radius 3 is 2.81 bits per heavy atom. The van der Waals surface area contributed by atoms with Crippen LogP contribution in [0.4, 0.5) is 4.79 Å². The Hall–Kier alpha value is -1.59. The predicted octanol–water partition coefficient (Wildman–Crippen LogP) is 1.84. The number of ether oxygens (including phenoxy) is 2. The molecule has 1 saturated carbocycles. The number of rotatable bonds is 5. The van der Waals surface area contributed by atoms with Crippen molar-refractivity contribution in [2.45, 2.75) is 38.1 Å². The normalized spacial score (nSPS) is 33.3. The highest BCUT2D eigenvalue weighted by Crippen LogP contribution is 2.60. The number of nitrogens with one attached hydrogen (secondary N) is 1. The van der Waals surface area contributed by atoms with E-state index in [2.05, 4.69) is 12.2 Å². The number of amides is 1. The lowest BCUT2D eigenvalue weighted by atomic mass is 9.61. The Labute approximate surface area is 124 Å². The van der Waals surface area contributed by atoms with Crippen molar-refractivity contribution in [2.24, 2.45) is 5.41 Å². The van der Waals surface area contributed by atoms with Crippen molar-refractivity contribution in [2.75, 3.05) is 13.2 Å². The lowest BCUT2D eigenvalue weighted by Crippen LogP contribution is -2.48. The SMILES string of the molecule is CC12CC(CO)(C1)C(CNC(=O)OCc1ccccc1)O2. The third kappa shape index (κ3) is 2.76. The largest absolute Gasteiger partial charge is 0.445 e. The third-order valence-electron chi connectivity index (χ3n) is 4.52. The van der Waals surface area contributed by atoms with Gasteiger partial charge in [0.2, 0.25) is 0 Å². The van der Waals surface area contributed by atoms with Gasteiger partial charge in [-0.3, -0.25) is 0 Å². The molecule has 4 rings (SSSR count). The fourth-order valence-corrected chi connectivity index (χ4v) is 3.64. The van der Waals surface area contributed by atoms with Crippen LogP contribution in [0.15, 0.2) is 30.3 Å². The first-order chi connectivity index (χ1) is 10.1. The number of aliphatic hydroxyl groups is 1. The molecule has 0 aromatic heterocycles. The molecule has 5 heteroatoms. The van der Waals surface area contributed by atoms with E-state index in [-0.39, 0.29) is 30.3 Å². The molecule has 2 aliphatic heterocycles. The van der Waals surface area contributed by atoms with Crippen LogP contribution in [0.5, 0.6) is 0 Å². The van der Waals surface area contributed by atoms with E-state index >= 15 is 0 Å². The molecule has 3 aliphatic rings. The van der Waals surface area contributed by atoms with Crippen molar-refractivity contribution in [3.05, 3.63) is 35.9 Å². The van der Waals surface area contributed by atoms with E-state index in [0.717, 1.165) is 18.4 Å². The minimum Gasteiger partial charge on any atom is -0.445 e. The maximum Gasteiger partial charge on any atom is 0.407 e. The molecule has 5 nitrogen and oxygen atoms in total. The molecule has 1 aliphatic carbocycles. The van der Waals surface area contributed by atoms with E-state index in [1.807, 2.05) is 30.3 Å². The van der Waals surface area contributed by atoms with Gasteiger partial charge in [-0.1, -0.05) is 30.3 Å². The topological polar surface area (TPSA) is 67.8 Å². The second-order valence-corrected chi connectivity index (χ2v) is 6.37. The van der Waals surface area contributed by atoms with Gasteiger partial charge in [0.05, 0.1) is 18.3 Å². The molecule has 0 radical (unpaired) electrons. The van der Waals surface area contributed by atoms with E-state index in [1.54, 1.807) is 0 Å². The van der Waals surface area contributed by atoms with Gasteiger partial charge in [0.1, 0.15) is 6.61 Å². The Kier molecular flexibility index (Phi) is 3.63. The summed E-state index contributed by atoms with van der Waals surface area (Å²) in [4.78, 5) is 11.7. The molecule has 1 aromatic carbocycles. The minimum atomic E-state index is -0.454. The first kappa shape index (κ1) is 14.4. The molecule has 1 unspecified atom stereocenters. The monoisotopic (exact) mass is 291 g/mol. The summed E-state index contributed by atoms with van der Waals surface area (Å²) in [6.07, 6.45) is 1.14. The lowest BCUT2D eigenvalue weighted by molar-refractivity contribution is -0.0179. The van der Waals surface area contributed by atoms with Gasteiger partial charge in [0.25, 0.3) is 0 Å². The quantitative estimate of drug-likeness (QED) is 0.868. The van der Waals surface area contributed by atoms with Crippen LogP contribution in [0.3, 0.4) is 0 Å². The van der Waals surface area contributed by atoms with Gasteiger partial charge in [-0.2, -0.15) is 0 Å². The number of fused-ring (bicyclic) bond motifs is 1. The average Bonchev–Trinajstić information content (AvgIpc) is 2.91. The second-order valence-electron chi connectivity index (χ2n) is 6.37. The van der Waals surface area contributed by atoms with Crippen molar-refractivity contribution < 1.29 is 19.4 Å². The Bertz CT molecular complexity index is 510. The van der Waals surface area contributed by atoms with E-state index in [1.165, 1.54) is 0 Å². The maximum atomic E-state index is 11.7. The Balaban J connectivity index is 1.44. The number of alkyl carbamates (subject to hydrolysis) is 1. The number of hydrogen-bond acceptors (Lipinski definition) is 4. The third-order valence-corrected chi connectivity index (χ3v) is 4.52. The predicted molar refractivity (Wildman–Crippen MR) is 76.7 cm³/mol. The van der Waals surface area contributed by atoms with Gasteiger partial charge in [0.15, 0.2) is 0 Å². The zero-order valence-corrected chi connectivity index (χ0v) is 12.2. The molecule has 2 saturated heterocycles. The summed E-state index contributed by atoms with van der Waals surface area (Å²) in [7, 11) is 0. The minimum absolute atomic E-state index is 0.105. The number of carbonyl (C=O) groups excluding carboxylic acids is 1. The average molecular weight is 291 g/mol. The Morgan fingerprint density at radius 2 is 2.14 bits per heavy atom. The fourth-order valence-electron chi connectivity index (χ4n) is 3.64. The highest BCUT2D eigenvalue weighted by atomic mass is 16.6. The van der Waals surface area contributed by atoms with Crippen LogP contribution < -0.4 is 5.32 Å². The molecule has 2 heterocycles. The van der Waals surface area contributed by atoms with Crippen LogP contribution in [-0.2, 0) is 16.1 Å². The number of benzene rings is 1. The molecule has 1 atom stereocenters. The molecule has 2 N–H and O–H groups in total. The van der Waals surface area contributed by atoms with Gasteiger partial charge in [-0.15, -0.1) is 0 Å². The highest BCUT2D eigenvalue weighted by Gasteiger charge is 2.64. The molecule has 21 heavy (non-hydrogen) atoms. The van der Waals surface area contributed by atoms with Gasteiger partial charge >= 0.3 is 6.09 Å². The zero-order valence-electron chi connectivity index (χ0n) is 12.2. The molecular formula is C16H21NO4. The van der Waals surface area contributed by atoms with E-state index < -0.39 is 6.09 Å². The molecule has 0 spiro atoms. The maximum absolute atomic E-state index is 11.7. The van der Waals surface area contributed by atoms with Gasteiger partial charge in [-0.05, 0) is 25.3 Å². The zero-order chi connectivity index (χ0) is 14.9. The van der Waals surface area contributed by atoms with Crippen LogP contribution in [0.2, 0.25) is 0 Å². The summed E-state index contributed by atoms with van der Waals surface area (Å²) < 4.78 is 11.1. The first-order valence-corrected chi connectivity index (χ1v) is 7.29. The van der Waals surface area contributed by atoms with Crippen molar-refractivity contribution in [1.29, 1.82) is 0 Å². The summed E-state index contributed by atoms with van der Waals surface area (Å²) in [5, 5.41) is 12.3. The smallest absolute Gasteiger partial charge is 0.407 e. The molecule has 2 bridgehead atoms. The summed E-state index contributed by atoms with van der Waals surface area (Å²) >= 11 is 0. The van der Waals surface area contributed by atoms with Gasteiger partial charge in [0, 0.05) is 12.0 Å². The number of aliphatic hydroxyl groups excluding tert-OH is 1. The van der Waals surface area contributed by atoms with E-state index in [0.29, 0.717) is 6.54 Å². The van der Waals surface area contributed by atoms with Crippen molar-refractivity contribution in [1.82, 2.24) is 5.32 Å². The lowest BCUT2D eigenvalue weighted by Gasteiger charge is -2.42. The molecule has 114 valence electrons. The summed E-state index contributed by atoms with van der Waals surface area (Å²) in [5.74, 6) is 0. The fraction of sp³-hybridized carbons (Fsp3) is 0.562. The number of carbonyl (C=O) groups is 1. The van der Waals surface area contributed by atoms with Gasteiger partial charge < -0.3 is 19.9 Å². The summed E-state index contributed by atoms with van der Waals surface area (Å²) in [6, 6.07) is 9.54. The summed E-state index contributed by atoms with van der Waals surface area (Å²) in [6.45, 7) is 2.79. The van der Waals surface area contributed by atoms with Crippen molar-refractivity contribution in [3.63, 3.8) is 0 Å². The van der Waals surface area contributed by atoms with E-state index in [9.17, 15) is 9.90 Å². The molecule has 1 amide bonds. The molecule has 3 fully saturated rings.